The zero-order valence-electron chi connectivity index (χ0n) is 21.4. The molecule has 1 aromatic heterocycles. The summed E-state index contributed by atoms with van der Waals surface area (Å²) in [4.78, 5) is 70.0. The van der Waals surface area contributed by atoms with E-state index < -0.39 is 67.6 Å². The summed E-state index contributed by atoms with van der Waals surface area (Å²) >= 11 is 0. The van der Waals surface area contributed by atoms with Gasteiger partial charge in [-0.1, -0.05) is 30.3 Å². The van der Waals surface area contributed by atoms with E-state index in [2.05, 4.69) is 0 Å². The predicted molar refractivity (Wildman–Crippen MR) is 136 cm³/mol. The number of benzene rings is 2. The van der Waals surface area contributed by atoms with Gasteiger partial charge in [0.15, 0.2) is 36.9 Å². The molecule has 42 heavy (non-hydrogen) atoms. The van der Waals surface area contributed by atoms with E-state index in [1.165, 1.54) is 0 Å². The number of carbonyl (C=O) groups excluding carboxylic acids is 1. The SMILES string of the molecule is O=C(O)COc1cc2oc(=O)cc(COC(=O)N[C@H](C(=O)O)[C@H](OCc3ccccc3)C(=O)O)c2cc1OCC(=O)O. The van der Waals surface area contributed by atoms with Crippen LogP contribution in [0.3, 0.4) is 0 Å². The molecule has 0 aliphatic carbocycles. The van der Waals surface area contributed by atoms with Crippen molar-refractivity contribution >= 4 is 40.9 Å². The topological polar surface area (TPSA) is 245 Å². The lowest BCUT2D eigenvalue weighted by atomic mass is 10.1. The van der Waals surface area contributed by atoms with E-state index in [0.29, 0.717) is 5.56 Å². The Morgan fingerprint density at radius 1 is 0.810 bits per heavy atom. The molecule has 0 aliphatic heterocycles. The number of carboxylic acid groups (broad SMARTS) is 4. The Morgan fingerprint density at radius 3 is 2.00 bits per heavy atom. The molecule has 0 spiro atoms. The largest absolute Gasteiger partial charge is 0.480 e. The Hall–Kier alpha value is -5.64. The van der Waals surface area contributed by atoms with Gasteiger partial charge in [0, 0.05) is 23.1 Å². The molecule has 3 aromatic rings. The average molecular weight is 589 g/mol. The number of hydrogen-bond acceptors (Lipinski definition) is 11. The second-order valence-corrected chi connectivity index (χ2v) is 8.34. The third kappa shape index (κ3) is 8.68. The number of nitrogens with one attached hydrogen (secondary N) is 1. The van der Waals surface area contributed by atoms with Crippen LogP contribution in [0.1, 0.15) is 11.1 Å². The highest BCUT2D eigenvalue weighted by molar-refractivity contribution is 5.88. The molecule has 16 nitrogen and oxygen atoms in total. The number of rotatable bonds is 15. The van der Waals surface area contributed by atoms with Crippen LogP contribution in [0, 0.1) is 0 Å². The smallest absolute Gasteiger partial charge is 0.408 e. The van der Waals surface area contributed by atoms with E-state index in [1.54, 1.807) is 30.3 Å². The van der Waals surface area contributed by atoms with Crippen LogP contribution in [-0.4, -0.2) is 75.8 Å². The minimum atomic E-state index is -2.07. The van der Waals surface area contributed by atoms with Crippen molar-refractivity contribution in [3.63, 3.8) is 0 Å². The van der Waals surface area contributed by atoms with Crippen LogP contribution < -0.4 is 20.4 Å². The van der Waals surface area contributed by atoms with Gasteiger partial charge in [0.2, 0.25) is 0 Å². The number of carbonyl (C=O) groups is 5. The Labute approximate surface area is 234 Å². The van der Waals surface area contributed by atoms with E-state index in [1.807, 2.05) is 5.32 Å². The van der Waals surface area contributed by atoms with E-state index in [0.717, 1.165) is 18.2 Å². The van der Waals surface area contributed by atoms with Gasteiger partial charge in [-0.15, -0.1) is 0 Å². The van der Waals surface area contributed by atoms with Crippen molar-refractivity contribution in [3.05, 3.63) is 70.1 Å². The Morgan fingerprint density at radius 2 is 1.43 bits per heavy atom. The van der Waals surface area contributed by atoms with Crippen LogP contribution >= 0.6 is 0 Å². The molecule has 5 N–H and O–H groups in total. The van der Waals surface area contributed by atoms with Crippen molar-refractivity contribution in [2.45, 2.75) is 25.4 Å². The summed E-state index contributed by atoms with van der Waals surface area (Å²) in [5, 5.41) is 38.9. The van der Waals surface area contributed by atoms with Gasteiger partial charge in [0.25, 0.3) is 0 Å². The number of carboxylic acids is 4. The van der Waals surface area contributed by atoms with Crippen LogP contribution in [0.2, 0.25) is 0 Å². The summed E-state index contributed by atoms with van der Waals surface area (Å²) in [6, 6.07) is 9.37. The monoisotopic (exact) mass is 589 g/mol. The number of aliphatic carboxylic acids is 4. The van der Waals surface area contributed by atoms with Crippen LogP contribution in [0.15, 0.2) is 57.7 Å². The van der Waals surface area contributed by atoms with E-state index >= 15 is 0 Å². The quantitative estimate of drug-likeness (QED) is 0.156. The molecule has 0 unspecified atom stereocenters. The van der Waals surface area contributed by atoms with Gasteiger partial charge in [-0.25, -0.2) is 28.8 Å². The van der Waals surface area contributed by atoms with Gasteiger partial charge in [-0.2, -0.15) is 0 Å². The Balaban J connectivity index is 1.81. The maximum absolute atomic E-state index is 12.5. The second kappa shape index (κ2) is 14.1. The third-order valence-electron chi connectivity index (χ3n) is 5.31. The molecule has 0 fully saturated rings. The highest BCUT2D eigenvalue weighted by Gasteiger charge is 2.36. The molecule has 16 heteroatoms. The fraction of sp³-hybridized carbons (Fsp3) is 0.231. The molecule has 0 aliphatic rings. The van der Waals surface area contributed by atoms with E-state index in [4.69, 9.17) is 33.6 Å². The average Bonchev–Trinajstić information content (AvgIpc) is 2.93. The van der Waals surface area contributed by atoms with Gasteiger partial charge in [0.1, 0.15) is 12.2 Å². The standard InChI is InChI=1S/C26H23NO15/c28-19(29)11-38-17-7-15-14(6-21(32)42-16(15)8-18(17)39-12-20(30)31)10-41-26(37)27-22(24(33)34)23(25(35)36)40-9-13-4-2-1-3-5-13/h1-8,22-23H,9-12H2,(H,27,37)(H,28,29)(H,30,31)(H,33,34)(H,35,36)/t22-,23-/m0/s1. The van der Waals surface area contributed by atoms with Crippen molar-refractivity contribution in [1.82, 2.24) is 5.32 Å². The van der Waals surface area contributed by atoms with E-state index in [-0.39, 0.29) is 34.6 Å². The second-order valence-electron chi connectivity index (χ2n) is 8.34. The highest BCUT2D eigenvalue weighted by Crippen LogP contribution is 2.34. The Bertz CT molecular complexity index is 1530. The van der Waals surface area contributed by atoms with Crippen molar-refractivity contribution in [2.75, 3.05) is 13.2 Å². The van der Waals surface area contributed by atoms with Crippen molar-refractivity contribution in [2.24, 2.45) is 0 Å². The molecule has 1 heterocycles. The first-order chi connectivity index (χ1) is 19.9. The first-order valence-corrected chi connectivity index (χ1v) is 11.8. The number of amides is 1. The Kier molecular flexibility index (Phi) is 10.4. The van der Waals surface area contributed by atoms with Crippen molar-refractivity contribution in [1.29, 1.82) is 0 Å². The predicted octanol–water partition coefficient (Wildman–Crippen LogP) is 1.07. The maximum atomic E-state index is 12.5. The first-order valence-electron chi connectivity index (χ1n) is 11.8. The van der Waals surface area contributed by atoms with Crippen LogP contribution in [-0.2, 0) is 41.9 Å². The molecule has 222 valence electrons. The summed E-state index contributed by atoms with van der Waals surface area (Å²) in [7, 11) is 0. The summed E-state index contributed by atoms with van der Waals surface area (Å²) < 4.78 is 25.6. The van der Waals surface area contributed by atoms with E-state index in [9.17, 15) is 39.0 Å². The zero-order valence-corrected chi connectivity index (χ0v) is 21.4. The van der Waals surface area contributed by atoms with Crippen molar-refractivity contribution < 1.29 is 67.8 Å². The number of fused-ring (bicyclic) bond motifs is 1. The van der Waals surface area contributed by atoms with Gasteiger partial charge in [0.05, 0.1) is 6.61 Å². The lowest BCUT2D eigenvalue weighted by Crippen LogP contribution is -2.53. The maximum Gasteiger partial charge on any atom is 0.408 e. The van der Waals surface area contributed by atoms with Crippen LogP contribution in [0.5, 0.6) is 11.5 Å². The lowest BCUT2D eigenvalue weighted by molar-refractivity contribution is -0.161. The fourth-order valence-electron chi connectivity index (χ4n) is 3.51. The van der Waals surface area contributed by atoms with Gasteiger partial charge >= 0.3 is 35.6 Å². The van der Waals surface area contributed by atoms with Crippen LogP contribution in [0.25, 0.3) is 11.0 Å². The van der Waals surface area contributed by atoms with Crippen LogP contribution in [0.4, 0.5) is 4.79 Å². The first kappa shape index (κ1) is 30.9. The minimum Gasteiger partial charge on any atom is -0.480 e. The zero-order chi connectivity index (χ0) is 30.8. The molecule has 0 bridgehead atoms. The number of alkyl carbamates (subject to hydrolysis) is 1. The third-order valence-corrected chi connectivity index (χ3v) is 5.31. The minimum absolute atomic E-state index is 0.0108. The lowest BCUT2D eigenvalue weighted by Gasteiger charge is -2.22. The molecule has 0 saturated carbocycles. The molecule has 3 rings (SSSR count). The molecule has 2 aromatic carbocycles. The van der Waals surface area contributed by atoms with Crippen molar-refractivity contribution in [3.8, 4) is 11.5 Å². The molecule has 2 atom stereocenters. The van der Waals surface area contributed by atoms with Gasteiger partial charge in [-0.05, 0) is 11.6 Å². The normalized spacial score (nSPS) is 12.1. The highest BCUT2D eigenvalue weighted by atomic mass is 16.6. The summed E-state index contributed by atoms with van der Waals surface area (Å²) in [5.74, 6) is -6.61. The van der Waals surface area contributed by atoms with Gasteiger partial charge < -0.3 is 49.1 Å². The van der Waals surface area contributed by atoms with Gasteiger partial charge in [-0.3, -0.25) is 0 Å². The summed E-state index contributed by atoms with van der Waals surface area (Å²) in [6.07, 6.45) is -3.37. The fourth-order valence-corrected chi connectivity index (χ4v) is 3.51. The number of hydrogen-bond donors (Lipinski definition) is 5. The summed E-state index contributed by atoms with van der Waals surface area (Å²) in [5.41, 5.74) is -0.557. The molecular weight excluding hydrogens is 566 g/mol. The summed E-state index contributed by atoms with van der Waals surface area (Å²) in [6.45, 7) is -2.61. The molecule has 1 amide bonds. The number of ether oxygens (including phenoxy) is 4. The molecular formula is C26H23NO15. The molecule has 0 radical (unpaired) electrons. The molecule has 0 saturated heterocycles.